The first-order valence-corrected chi connectivity index (χ1v) is 12.9. The summed E-state index contributed by atoms with van der Waals surface area (Å²) in [6, 6.07) is 34.0. The van der Waals surface area contributed by atoms with E-state index in [2.05, 4.69) is 10.3 Å². The molecule has 40 heavy (non-hydrogen) atoms. The first-order chi connectivity index (χ1) is 19.6. The third-order valence-corrected chi connectivity index (χ3v) is 6.18. The maximum atomic E-state index is 13.3. The van der Waals surface area contributed by atoms with Crippen molar-refractivity contribution in [3.63, 3.8) is 0 Å². The third-order valence-electron chi connectivity index (χ3n) is 6.18. The number of aryl methyl sites for hydroxylation is 1. The minimum atomic E-state index is -0.556. The van der Waals surface area contributed by atoms with Gasteiger partial charge in [-0.3, -0.25) is 9.59 Å². The topological polar surface area (TPSA) is 86.8 Å². The molecule has 0 saturated heterocycles. The molecule has 1 heterocycles. The number of rotatable bonds is 10. The van der Waals surface area contributed by atoms with Gasteiger partial charge in [0, 0.05) is 16.5 Å². The lowest BCUT2D eigenvalue weighted by atomic mass is 10.1. The molecule has 5 aromatic rings. The molecule has 0 radical (unpaired) electrons. The lowest BCUT2D eigenvalue weighted by molar-refractivity contribution is -0.143. The standard InChI is InChI=1S/C33H28N2O5/c1-23-28-18-17-27(40-26-15-9-4-10-16-26)19-29(28)32(39-22-25-13-7-3-8-14-25)31(35-23)33(37)34-20-30(36)38-21-24-11-5-2-6-12-24/h2-19H,20-22H2,1H3,(H,34,37). The molecule has 200 valence electrons. The van der Waals surface area contributed by atoms with Crippen LogP contribution in [0, 0.1) is 6.92 Å². The number of esters is 1. The fourth-order valence-electron chi connectivity index (χ4n) is 4.18. The molecule has 1 aromatic heterocycles. The predicted molar refractivity (Wildman–Crippen MR) is 152 cm³/mol. The van der Waals surface area contributed by atoms with E-state index in [1.807, 2.05) is 116 Å². The molecule has 0 bridgehead atoms. The maximum absolute atomic E-state index is 13.3. The largest absolute Gasteiger partial charge is 0.486 e. The molecule has 0 aliphatic carbocycles. The van der Waals surface area contributed by atoms with Gasteiger partial charge >= 0.3 is 5.97 Å². The van der Waals surface area contributed by atoms with Gasteiger partial charge in [0.1, 0.15) is 31.3 Å². The summed E-state index contributed by atoms with van der Waals surface area (Å²) in [5.41, 5.74) is 2.52. The summed E-state index contributed by atoms with van der Waals surface area (Å²) in [5, 5.41) is 4.13. The van der Waals surface area contributed by atoms with Gasteiger partial charge in [0.25, 0.3) is 5.91 Å². The molecule has 0 aliphatic rings. The average Bonchev–Trinajstić information content (AvgIpc) is 2.99. The van der Waals surface area contributed by atoms with Crippen LogP contribution in [0.25, 0.3) is 10.8 Å². The summed E-state index contributed by atoms with van der Waals surface area (Å²) in [7, 11) is 0. The Labute approximate surface area is 232 Å². The fraction of sp³-hybridized carbons (Fsp3) is 0.121. The highest BCUT2D eigenvalue weighted by Gasteiger charge is 2.21. The SMILES string of the molecule is Cc1nc(C(=O)NCC(=O)OCc2ccccc2)c(OCc2ccccc2)c2cc(Oc3ccccc3)ccc12. The molecule has 5 rings (SSSR count). The highest BCUT2D eigenvalue weighted by molar-refractivity contribution is 6.03. The van der Waals surface area contributed by atoms with Crippen LogP contribution in [-0.4, -0.2) is 23.4 Å². The number of hydrogen-bond acceptors (Lipinski definition) is 6. The molecule has 0 spiro atoms. The van der Waals surface area contributed by atoms with Crippen LogP contribution in [0.5, 0.6) is 17.2 Å². The van der Waals surface area contributed by atoms with Crippen LogP contribution in [0.15, 0.2) is 109 Å². The van der Waals surface area contributed by atoms with Crippen LogP contribution in [-0.2, 0) is 22.7 Å². The van der Waals surface area contributed by atoms with Crippen molar-refractivity contribution >= 4 is 22.6 Å². The molecular formula is C33H28N2O5. The highest BCUT2D eigenvalue weighted by atomic mass is 16.5. The van der Waals surface area contributed by atoms with E-state index in [9.17, 15) is 9.59 Å². The molecule has 0 atom stereocenters. The Morgan fingerprint density at radius 3 is 2.02 bits per heavy atom. The van der Waals surface area contributed by atoms with Gasteiger partial charge in [0.15, 0.2) is 11.4 Å². The summed E-state index contributed by atoms with van der Waals surface area (Å²) in [6.45, 7) is 1.87. The Kier molecular flexibility index (Phi) is 8.32. The molecule has 7 heteroatoms. The van der Waals surface area contributed by atoms with Crippen molar-refractivity contribution < 1.29 is 23.8 Å². The van der Waals surface area contributed by atoms with Crippen LogP contribution < -0.4 is 14.8 Å². The number of carbonyl (C=O) groups is 2. The van der Waals surface area contributed by atoms with Crippen molar-refractivity contribution in [1.29, 1.82) is 0 Å². The van der Waals surface area contributed by atoms with E-state index in [0.717, 1.165) is 16.5 Å². The van der Waals surface area contributed by atoms with Crippen LogP contribution in [0.1, 0.15) is 27.3 Å². The quantitative estimate of drug-likeness (QED) is 0.210. The monoisotopic (exact) mass is 532 g/mol. The molecule has 0 fully saturated rings. The van der Waals surface area contributed by atoms with Gasteiger partial charge < -0.3 is 19.5 Å². The van der Waals surface area contributed by atoms with E-state index in [1.165, 1.54) is 0 Å². The van der Waals surface area contributed by atoms with Gasteiger partial charge in [0.05, 0.1) is 0 Å². The summed E-state index contributed by atoms with van der Waals surface area (Å²) >= 11 is 0. The second-order valence-electron chi connectivity index (χ2n) is 9.10. The zero-order valence-corrected chi connectivity index (χ0v) is 22.0. The molecule has 7 nitrogen and oxygen atoms in total. The number of benzene rings is 4. The number of carbonyl (C=O) groups excluding carboxylic acids is 2. The summed E-state index contributed by atoms with van der Waals surface area (Å²) in [4.78, 5) is 30.2. The molecule has 1 N–H and O–H groups in total. The first kappa shape index (κ1) is 26.4. The van der Waals surface area contributed by atoms with E-state index in [-0.39, 0.29) is 25.5 Å². The van der Waals surface area contributed by atoms with E-state index < -0.39 is 11.9 Å². The van der Waals surface area contributed by atoms with Crippen molar-refractivity contribution in [2.24, 2.45) is 0 Å². The average molecular weight is 533 g/mol. The number of nitrogens with zero attached hydrogens (tertiary/aromatic N) is 1. The third kappa shape index (κ3) is 6.63. The van der Waals surface area contributed by atoms with E-state index in [0.29, 0.717) is 28.3 Å². The fourth-order valence-corrected chi connectivity index (χ4v) is 4.18. The summed E-state index contributed by atoms with van der Waals surface area (Å²) < 4.78 is 17.6. The Morgan fingerprint density at radius 2 is 1.35 bits per heavy atom. The van der Waals surface area contributed by atoms with Crippen molar-refractivity contribution in [3.05, 3.63) is 132 Å². The highest BCUT2D eigenvalue weighted by Crippen LogP contribution is 2.35. The van der Waals surface area contributed by atoms with Crippen molar-refractivity contribution in [1.82, 2.24) is 10.3 Å². The predicted octanol–water partition coefficient (Wildman–Crippen LogP) is 6.39. The van der Waals surface area contributed by atoms with Crippen molar-refractivity contribution in [2.45, 2.75) is 20.1 Å². The number of ether oxygens (including phenoxy) is 3. The van der Waals surface area contributed by atoms with E-state index in [1.54, 1.807) is 0 Å². The van der Waals surface area contributed by atoms with Gasteiger partial charge in [-0.05, 0) is 48.4 Å². The number of nitrogens with one attached hydrogen (secondary N) is 1. The number of aromatic nitrogens is 1. The molecule has 0 aliphatic heterocycles. The minimum absolute atomic E-state index is 0.0775. The number of fused-ring (bicyclic) bond motifs is 1. The lowest BCUT2D eigenvalue weighted by Gasteiger charge is -2.16. The Bertz CT molecular complexity index is 1610. The molecule has 1 amide bonds. The van der Waals surface area contributed by atoms with Crippen LogP contribution >= 0.6 is 0 Å². The van der Waals surface area contributed by atoms with E-state index >= 15 is 0 Å². The smallest absolute Gasteiger partial charge is 0.325 e. The molecular weight excluding hydrogens is 504 g/mol. The molecule has 0 saturated carbocycles. The van der Waals surface area contributed by atoms with Gasteiger partial charge in [-0.1, -0.05) is 78.9 Å². The van der Waals surface area contributed by atoms with Gasteiger partial charge in [0.2, 0.25) is 0 Å². The molecule has 0 unspecified atom stereocenters. The maximum Gasteiger partial charge on any atom is 0.325 e. The van der Waals surface area contributed by atoms with Crippen LogP contribution in [0.3, 0.4) is 0 Å². The van der Waals surface area contributed by atoms with Crippen LogP contribution in [0.2, 0.25) is 0 Å². The van der Waals surface area contributed by atoms with Gasteiger partial charge in [-0.2, -0.15) is 0 Å². The van der Waals surface area contributed by atoms with Crippen molar-refractivity contribution in [2.75, 3.05) is 6.54 Å². The Hall–Kier alpha value is -5.17. The van der Waals surface area contributed by atoms with E-state index in [4.69, 9.17) is 14.2 Å². The Morgan fingerprint density at radius 1 is 0.725 bits per heavy atom. The summed E-state index contributed by atoms with van der Waals surface area (Å²) in [6.07, 6.45) is 0. The summed E-state index contributed by atoms with van der Waals surface area (Å²) in [5.74, 6) is 0.480. The number of para-hydroxylation sites is 1. The molecule has 4 aromatic carbocycles. The number of amides is 1. The van der Waals surface area contributed by atoms with Gasteiger partial charge in [-0.25, -0.2) is 4.98 Å². The lowest BCUT2D eigenvalue weighted by Crippen LogP contribution is -2.31. The number of hydrogen-bond donors (Lipinski definition) is 1. The Balaban J connectivity index is 1.41. The van der Waals surface area contributed by atoms with Gasteiger partial charge in [-0.15, -0.1) is 0 Å². The minimum Gasteiger partial charge on any atom is -0.486 e. The first-order valence-electron chi connectivity index (χ1n) is 12.9. The second-order valence-corrected chi connectivity index (χ2v) is 9.10. The van der Waals surface area contributed by atoms with Crippen molar-refractivity contribution in [3.8, 4) is 17.2 Å². The normalized spacial score (nSPS) is 10.6. The van der Waals surface area contributed by atoms with Crippen LogP contribution in [0.4, 0.5) is 0 Å². The number of pyridine rings is 1. The zero-order chi connectivity index (χ0) is 27.7. The second kappa shape index (κ2) is 12.6. The zero-order valence-electron chi connectivity index (χ0n) is 22.0.